The number of hydrogen-bond donors (Lipinski definition) is 1. The quantitative estimate of drug-likeness (QED) is 0.231. The second-order valence-electron chi connectivity index (χ2n) is 13.8. The van der Waals surface area contributed by atoms with Crippen LogP contribution in [0.3, 0.4) is 0 Å². The number of nitrogens with zero attached hydrogens (tertiary/aromatic N) is 3. The smallest absolute Gasteiger partial charge is 0.203 e. The maximum absolute atomic E-state index is 12.3. The van der Waals surface area contributed by atoms with E-state index in [-0.39, 0.29) is 0 Å². The molecule has 3 aromatic rings. The molecule has 2 fully saturated rings. The van der Waals surface area contributed by atoms with E-state index in [1.807, 2.05) is 18.3 Å². The molecule has 1 saturated carbocycles. The van der Waals surface area contributed by atoms with Crippen LogP contribution in [-0.2, 0) is 9.47 Å². The highest BCUT2D eigenvalue weighted by atomic mass is 28.3. The van der Waals surface area contributed by atoms with Gasteiger partial charge in [0.1, 0.15) is 5.52 Å². The van der Waals surface area contributed by atoms with Gasteiger partial charge in [0.15, 0.2) is 31.2 Å². The summed E-state index contributed by atoms with van der Waals surface area (Å²) in [5.41, 5.74) is 4.71. The van der Waals surface area contributed by atoms with E-state index in [1.165, 1.54) is 0 Å². The molecule has 3 heterocycles. The summed E-state index contributed by atoms with van der Waals surface area (Å²) in [6.07, 6.45) is 6.34. The lowest BCUT2D eigenvalue weighted by Crippen LogP contribution is -2.51. The number of methoxy groups -OCH3 is 3. The molecule has 1 N–H and O–H groups in total. The van der Waals surface area contributed by atoms with Gasteiger partial charge in [-0.3, -0.25) is 0 Å². The predicted octanol–water partition coefficient (Wildman–Crippen LogP) is 7.50. The van der Waals surface area contributed by atoms with Crippen LogP contribution in [0, 0.1) is 5.41 Å². The number of ether oxygens (including phenoxy) is 5. The Bertz CT molecular complexity index is 1430. The first kappa shape index (κ1) is 32.7. The molecule has 242 valence electrons. The van der Waals surface area contributed by atoms with E-state index in [1.54, 1.807) is 21.3 Å². The van der Waals surface area contributed by atoms with Crippen molar-refractivity contribution in [1.82, 2.24) is 14.2 Å². The van der Waals surface area contributed by atoms with Crippen molar-refractivity contribution in [3.05, 3.63) is 30.1 Å². The first-order chi connectivity index (χ1) is 20.9. The van der Waals surface area contributed by atoms with E-state index in [9.17, 15) is 5.11 Å². The molecular formula is C34H51N3O6Si. The van der Waals surface area contributed by atoms with Crippen molar-refractivity contribution >= 4 is 19.4 Å². The average molecular weight is 626 g/mol. The number of aliphatic hydroxyl groups excluding tert-OH is 1. The van der Waals surface area contributed by atoms with Crippen LogP contribution in [0.4, 0.5) is 0 Å². The minimum atomic E-state index is -2.24. The molecule has 1 aliphatic carbocycles. The fourth-order valence-corrected chi connectivity index (χ4v) is 15.0. The van der Waals surface area contributed by atoms with Gasteiger partial charge in [-0.05, 0) is 41.6 Å². The first-order valence-corrected chi connectivity index (χ1v) is 18.2. The van der Waals surface area contributed by atoms with Crippen LogP contribution < -0.4 is 14.2 Å². The number of aliphatic hydroxyl groups is 1. The van der Waals surface area contributed by atoms with Gasteiger partial charge in [0.25, 0.3) is 0 Å². The zero-order valence-corrected chi connectivity index (χ0v) is 29.2. The van der Waals surface area contributed by atoms with Gasteiger partial charge in [-0.1, -0.05) is 48.5 Å². The van der Waals surface area contributed by atoms with Crippen LogP contribution in [0.15, 0.2) is 24.5 Å². The fourth-order valence-electron chi connectivity index (χ4n) is 8.45. The summed E-state index contributed by atoms with van der Waals surface area (Å²) in [5.74, 6) is 0.991. The Morgan fingerprint density at radius 2 is 1.50 bits per heavy atom. The SMILES string of the molecule is COc1cc(-c2cnc3c(n2)c(C(O)C2(C)CCC4(C2)OCCCO4)cn3[Si](C(C)C)(C(C)C)C(C)C)cc(OC)c1OC. The summed E-state index contributed by atoms with van der Waals surface area (Å²) in [6.45, 7) is 17.6. The van der Waals surface area contributed by atoms with Crippen LogP contribution in [0.2, 0.25) is 16.6 Å². The number of fused-ring (bicyclic) bond motifs is 1. The molecular weight excluding hydrogens is 574 g/mol. The van der Waals surface area contributed by atoms with E-state index in [4.69, 9.17) is 33.7 Å². The zero-order valence-electron chi connectivity index (χ0n) is 28.2. The van der Waals surface area contributed by atoms with Crippen molar-refractivity contribution in [3.8, 4) is 28.5 Å². The number of benzene rings is 1. The number of aromatic nitrogens is 3. The van der Waals surface area contributed by atoms with Gasteiger partial charge < -0.3 is 33.0 Å². The Morgan fingerprint density at radius 3 is 2.02 bits per heavy atom. The molecule has 1 aromatic carbocycles. The van der Waals surface area contributed by atoms with Crippen LogP contribution in [-0.4, -0.2) is 67.9 Å². The Kier molecular flexibility index (Phi) is 9.12. The van der Waals surface area contributed by atoms with Crippen molar-refractivity contribution in [2.24, 2.45) is 5.41 Å². The molecule has 10 heteroatoms. The summed E-state index contributed by atoms with van der Waals surface area (Å²) in [4.78, 5) is 10.4. The molecule has 1 saturated heterocycles. The van der Waals surface area contributed by atoms with Crippen molar-refractivity contribution in [1.29, 1.82) is 0 Å². The summed E-state index contributed by atoms with van der Waals surface area (Å²) in [7, 11) is 2.56. The van der Waals surface area contributed by atoms with E-state index >= 15 is 0 Å². The lowest BCUT2D eigenvalue weighted by atomic mass is 9.79. The lowest BCUT2D eigenvalue weighted by molar-refractivity contribution is -0.267. The highest BCUT2D eigenvalue weighted by Crippen LogP contribution is 2.55. The molecule has 2 aliphatic rings. The normalized spacial score (nSPS) is 21.1. The highest BCUT2D eigenvalue weighted by molar-refractivity contribution is 6.82. The molecule has 5 rings (SSSR count). The molecule has 2 atom stereocenters. The second kappa shape index (κ2) is 12.3. The third kappa shape index (κ3) is 5.21. The van der Waals surface area contributed by atoms with Crippen LogP contribution >= 0.6 is 0 Å². The van der Waals surface area contributed by atoms with Crippen molar-refractivity contribution < 1.29 is 28.8 Å². The summed E-state index contributed by atoms with van der Waals surface area (Å²) in [6, 6.07) is 3.78. The summed E-state index contributed by atoms with van der Waals surface area (Å²) < 4.78 is 31.7. The van der Waals surface area contributed by atoms with Gasteiger partial charge in [-0.15, -0.1) is 0 Å². The average Bonchev–Trinajstić information content (AvgIpc) is 3.54. The Hall–Kier alpha value is -2.66. The summed E-state index contributed by atoms with van der Waals surface area (Å²) >= 11 is 0. The molecule has 0 amide bonds. The van der Waals surface area contributed by atoms with Gasteiger partial charge in [-0.2, -0.15) is 0 Å². The minimum absolute atomic E-state index is 0.439. The molecule has 9 nitrogen and oxygen atoms in total. The van der Waals surface area contributed by atoms with Crippen LogP contribution in [0.5, 0.6) is 17.2 Å². The van der Waals surface area contributed by atoms with E-state index in [0.717, 1.165) is 41.6 Å². The summed E-state index contributed by atoms with van der Waals surface area (Å²) in [5, 5.41) is 12.3. The molecule has 2 aromatic heterocycles. The molecule has 2 unspecified atom stereocenters. The van der Waals surface area contributed by atoms with Gasteiger partial charge in [-0.25, -0.2) is 9.97 Å². The molecule has 1 spiro atoms. The Labute approximate surface area is 263 Å². The lowest BCUT2D eigenvalue weighted by Gasteiger charge is -2.44. The Morgan fingerprint density at radius 1 is 0.909 bits per heavy atom. The number of rotatable bonds is 10. The van der Waals surface area contributed by atoms with Gasteiger partial charge in [0, 0.05) is 35.6 Å². The third-order valence-corrected chi connectivity index (χ3v) is 17.1. The Balaban J connectivity index is 1.72. The standard InChI is InChI=1S/C34H51N3O6Si/c1-21(2)44(22(3)4,23(5)6)37-19-25(31(38)33(7)12-13-34(20-33)42-14-11-15-43-34)29-32(37)35-18-26(36-29)24-16-27(39-8)30(41-10)28(17-24)40-9/h16-19,21-23,31,38H,11-15,20H2,1-10H3. The van der Waals surface area contributed by atoms with Crippen LogP contribution in [0.1, 0.15) is 85.8 Å². The highest BCUT2D eigenvalue weighted by Gasteiger charge is 2.53. The first-order valence-electron chi connectivity index (χ1n) is 16.0. The second-order valence-corrected chi connectivity index (χ2v) is 19.6. The van der Waals surface area contributed by atoms with Crippen molar-refractivity contribution in [3.63, 3.8) is 0 Å². The topological polar surface area (TPSA) is 97.1 Å². The van der Waals surface area contributed by atoms with E-state index < -0.39 is 25.5 Å². The van der Waals surface area contributed by atoms with Gasteiger partial charge in [0.05, 0.1) is 52.5 Å². The maximum atomic E-state index is 12.3. The zero-order chi connectivity index (χ0) is 32.0. The third-order valence-electron chi connectivity index (χ3n) is 10.4. The number of hydrogen-bond acceptors (Lipinski definition) is 8. The fraction of sp³-hybridized carbons (Fsp3) is 0.647. The molecule has 44 heavy (non-hydrogen) atoms. The van der Waals surface area contributed by atoms with E-state index in [0.29, 0.717) is 59.2 Å². The largest absolute Gasteiger partial charge is 0.493 e. The maximum Gasteiger partial charge on any atom is 0.203 e. The molecule has 1 aliphatic heterocycles. The van der Waals surface area contributed by atoms with E-state index in [2.05, 4.69) is 58.9 Å². The van der Waals surface area contributed by atoms with Gasteiger partial charge in [0.2, 0.25) is 5.75 Å². The van der Waals surface area contributed by atoms with Crippen molar-refractivity contribution in [2.45, 2.75) is 103 Å². The van der Waals surface area contributed by atoms with Crippen LogP contribution in [0.25, 0.3) is 22.4 Å². The molecule has 0 bridgehead atoms. The monoisotopic (exact) mass is 625 g/mol. The predicted molar refractivity (Wildman–Crippen MR) is 175 cm³/mol. The minimum Gasteiger partial charge on any atom is -0.493 e. The van der Waals surface area contributed by atoms with Gasteiger partial charge >= 0.3 is 0 Å². The van der Waals surface area contributed by atoms with Crippen molar-refractivity contribution in [2.75, 3.05) is 34.5 Å². The molecule has 0 radical (unpaired) electrons.